The van der Waals surface area contributed by atoms with Crippen LogP contribution in [0.25, 0.3) is 10.2 Å². The summed E-state index contributed by atoms with van der Waals surface area (Å²) in [5.41, 5.74) is 8.75. The lowest BCUT2D eigenvalue weighted by Crippen LogP contribution is -2.32. The van der Waals surface area contributed by atoms with Crippen LogP contribution in [-0.4, -0.2) is 32.7 Å². The minimum absolute atomic E-state index is 0.0596. The number of benzene rings is 1. The van der Waals surface area contributed by atoms with Crippen molar-refractivity contribution >= 4 is 33.4 Å². The number of fused-ring (bicyclic) bond motifs is 1. The molecule has 2 aliphatic carbocycles. The number of carbonyl (C=O) groups is 2. The normalized spacial score (nSPS) is 16.1. The first-order valence-electron chi connectivity index (χ1n) is 10.4. The molecule has 0 radical (unpaired) electrons. The first kappa shape index (κ1) is 19.2. The van der Waals surface area contributed by atoms with Gasteiger partial charge >= 0.3 is 0 Å². The fourth-order valence-electron chi connectivity index (χ4n) is 3.94. The number of rotatable bonds is 6. The van der Waals surface area contributed by atoms with Crippen LogP contribution in [0.5, 0.6) is 0 Å². The van der Waals surface area contributed by atoms with Crippen molar-refractivity contribution in [2.75, 3.05) is 0 Å². The van der Waals surface area contributed by atoms with Crippen molar-refractivity contribution in [1.29, 1.82) is 0 Å². The van der Waals surface area contributed by atoms with Crippen LogP contribution >= 0.6 is 11.3 Å². The molecule has 0 bridgehead atoms. The van der Waals surface area contributed by atoms with E-state index in [0.717, 1.165) is 63.4 Å². The van der Waals surface area contributed by atoms with Crippen molar-refractivity contribution in [3.8, 4) is 0 Å². The third kappa shape index (κ3) is 3.47. The summed E-state index contributed by atoms with van der Waals surface area (Å²) >= 11 is 1.49. The van der Waals surface area contributed by atoms with Gasteiger partial charge in [-0.3, -0.25) is 9.59 Å². The largest absolute Gasteiger partial charge is 0.366 e. The minimum atomic E-state index is -0.445. The van der Waals surface area contributed by atoms with E-state index in [-0.39, 0.29) is 11.9 Å². The van der Waals surface area contributed by atoms with E-state index in [0.29, 0.717) is 18.0 Å². The van der Waals surface area contributed by atoms with Crippen LogP contribution in [-0.2, 0) is 6.54 Å². The minimum Gasteiger partial charge on any atom is -0.366 e. The SMILES string of the molecule is Cc1nc(C2CC2)nc2sc(C(=O)N(Cc3ccc(C(N)=O)cc3)C3CC3)c(C)c12. The molecule has 6 nitrogen and oxygen atoms in total. The summed E-state index contributed by atoms with van der Waals surface area (Å²) < 4.78 is 0. The second kappa shape index (κ2) is 7.16. The molecular weight excluding hydrogens is 396 g/mol. The van der Waals surface area contributed by atoms with Crippen LogP contribution < -0.4 is 5.73 Å². The lowest BCUT2D eigenvalue weighted by Gasteiger charge is -2.22. The molecule has 0 aliphatic heterocycles. The number of aryl methyl sites for hydroxylation is 2. The standard InChI is InChI=1S/C23H24N4O2S/c1-12-18-13(2)25-21(16-7-8-16)26-22(18)30-19(12)23(29)27(17-9-10-17)11-14-3-5-15(6-4-14)20(24)28/h3-6,16-17H,7-11H2,1-2H3,(H2,24,28). The maximum absolute atomic E-state index is 13.6. The molecule has 7 heteroatoms. The number of hydrogen-bond acceptors (Lipinski definition) is 5. The second-order valence-corrected chi connectivity index (χ2v) is 9.40. The van der Waals surface area contributed by atoms with Gasteiger partial charge in [-0.1, -0.05) is 12.1 Å². The van der Waals surface area contributed by atoms with Gasteiger partial charge in [0.1, 0.15) is 10.7 Å². The highest BCUT2D eigenvalue weighted by Crippen LogP contribution is 2.41. The van der Waals surface area contributed by atoms with Gasteiger partial charge in [0.2, 0.25) is 5.91 Å². The van der Waals surface area contributed by atoms with E-state index < -0.39 is 5.91 Å². The molecular formula is C23H24N4O2S. The molecule has 0 unspecified atom stereocenters. The lowest BCUT2D eigenvalue weighted by molar-refractivity contribution is 0.0734. The van der Waals surface area contributed by atoms with Crippen molar-refractivity contribution in [3.63, 3.8) is 0 Å². The van der Waals surface area contributed by atoms with E-state index in [4.69, 9.17) is 15.7 Å². The predicted molar refractivity (Wildman–Crippen MR) is 117 cm³/mol. The first-order chi connectivity index (χ1) is 14.4. The Balaban J connectivity index is 1.46. The number of primary amides is 1. The van der Waals surface area contributed by atoms with Gasteiger partial charge in [-0.2, -0.15) is 0 Å². The molecule has 0 spiro atoms. The summed E-state index contributed by atoms with van der Waals surface area (Å²) in [4.78, 5) is 38.0. The van der Waals surface area contributed by atoms with Gasteiger partial charge in [-0.05, 0) is 62.8 Å². The first-order valence-corrected chi connectivity index (χ1v) is 11.2. The molecule has 2 aromatic heterocycles. The molecule has 2 amide bonds. The molecule has 2 fully saturated rings. The van der Waals surface area contributed by atoms with Gasteiger partial charge in [-0.15, -0.1) is 11.3 Å². The Labute approximate surface area is 179 Å². The Morgan fingerprint density at radius 3 is 2.40 bits per heavy atom. The highest BCUT2D eigenvalue weighted by Gasteiger charge is 2.35. The molecule has 154 valence electrons. The van der Waals surface area contributed by atoms with Gasteiger partial charge in [0.15, 0.2) is 0 Å². The van der Waals surface area contributed by atoms with Crippen molar-refractivity contribution in [3.05, 3.63) is 57.4 Å². The number of carbonyl (C=O) groups excluding carboxylic acids is 2. The molecule has 2 aliphatic rings. The van der Waals surface area contributed by atoms with Crippen LogP contribution in [0.4, 0.5) is 0 Å². The van der Waals surface area contributed by atoms with E-state index in [1.165, 1.54) is 11.3 Å². The van der Waals surface area contributed by atoms with Crippen molar-refractivity contribution in [2.45, 2.75) is 58.0 Å². The highest BCUT2D eigenvalue weighted by molar-refractivity contribution is 7.20. The Hall–Kier alpha value is -2.80. The van der Waals surface area contributed by atoms with Gasteiger partial charge in [0, 0.05) is 29.5 Å². The zero-order chi connectivity index (χ0) is 21.0. The zero-order valence-electron chi connectivity index (χ0n) is 17.1. The molecule has 3 aromatic rings. The summed E-state index contributed by atoms with van der Waals surface area (Å²) in [5, 5.41) is 1.02. The quantitative estimate of drug-likeness (QED) is 0.650. The molecule has 2 heterocycles. The fourth-order valence-corrected chi connectivity index (χ4v) is 5.14. The van der Waals surface area contributed by atoms with Crippen LogP contribution in [0.2, 0.25) is 0 Å². The number of hydrogen-bond donors (Lipinski definition) is 1. The van der Waals surface area contributed by atoms with Gasteiger partial charge in [0.25, 0.3) is 5.91 Å². The van der Waals surface area contributed by atoms with Crippen molar-refractivity contribution in [1.82, 2.24) is 14.9 Å². The Morgan fingerprint density at radius 1 is 1.10 bits per heavy atom. The van der Waals surface area contributed by atoms with Gasteiger partial charge in [-0.25, -0.2) is 9.97 Å². The molecule has 5 rings (SSSR count). The smallest absolute Gasteiger partial charge is 0.264 e. The third-order valence-electron chi connectivity index (χ3n) is 5.96. The maximum atomic E-state index is 13.6. The zero-order valence-corrected chi connectivity index (χ0v) is 18.0. The van der Waals surface area contributed by atoms with Crippen LogP contribution in [0.15, 0.2) is 24.3 Å². The number of aromatic nitrogens is 2. The second-order valence-electron chi connectivity index (χ2n) is 8.40. The predicted octanol–water partition coefficient (Wildman–Crippen LogP) is 4.09. The van der Waals surface area contributed by atoms with Crippen molar-refractivity contribution < 1.29 is 9.59 Å². The summed E-state index contributed by atoms with van der Waals surface area (Å²) in [6.07, 6.45) is 4.37. The topological polar surface area (TPSA) is 89.2 Å². The Morgan fingerprint density at radius 2 is 1.80 bits per heavy atom. The lowest BCUT2D eigenvalue weighted by atomic mass is 10.1. The van der Waals surface area contributed by atoms with Gasteiger partial charge in [0.05, 0.1) is 10.6 Å². The fraction of sp³-hybridized carbons (Fsp3) is 0.391. The Bertz CT molecular complexity index is 1160. The monoisotopic (exact) mass is 420 g/mol. The number of nitrogens with zero attached hydrogens (tertiary/aromatic N) is 3. The maximum Gasteiger partial charge on any atom is 0.264 e. The molecule has 30 heavy (non-hydrogen) atoms. The number of thiophene rings is 1. The van der Waals surface area contributed by atoms with E-state index in [2.05, 4.69) is 0 Å². The van der Waals surface area contributed by atoms with E-state index >= 15 is 0 Å². The highest BCUT2D eigenvalue weighted by atomic mass is 32.1. The van der Waals surface area contributed by atoms with E-state index in [1.807, 2.05) is 30.9 Å². The van der Waals surface area contributed by atoms with E-state index in [1.54, 1.807) is 12.1 Å². The molecule has 0 saturated heterocycles. The Kier molecular flexibility index (Phi) is 4.58. The van der Waals surface area contributed by atoms with Crippen molar-refractivity contribution in [2.24, 2.45) is 5.73 Å². The summed E-state index contributed by atoms with van der Waals surface area (Å²) in [7, 11) is 0. The average molecular weight is 421 g/mol. The average Bonchev–Trinajstić information content (AvgIpc) is 3.63. The summed E-state index contributed by atoms with van der Waals surface area (Å²) in [5.74, 6) is 1.03. The molecule has 1 aromatic carbocycles. The summed E-state index contributed by atoms with van der Waals surface area (Å²) in [6, 6.07) is 7.45. The summed E-state index contributed by atoms with van der Waals surface area (Å²) in [6.45, 7) is 4.54. The van der Waals surface area contributed by atoms with E-state index in [9.17, 15) is 9.59 Å². The van der Waals surface area contributed by atoms with Crippen LogP contribution in [0.3, 0.4) is 0 Å². The van der Waals surface area contributed by atoms with Crippen LogP contribution in [0, 0.1) is 13.8 Å². The molecule has 2 saturated carbocycles. The van der Waals surface area contributed by atoms with Crippen LogP contribution in [0.1, 0.15) is 74.3 Å². The molecule has 0 atom stereocenters. The number of amides is 2. The number of nitrogens with two attached hydrogens (primary N) is 1. The third-order valence-corrected chi connectivity index (χ3v) is 7.14. The molecule has 2 N–H and O–H groups in total. The van der Waals surface area contributed by atoms with Gasteiger partial charge < -0.3 is 10.6 Å².